The summed E-state index contributed by atoms with van der Waals surface area (Å²) in [5.74, 6) is -0.341. The van der Waals surface area contributed by atoms with Gasteiger partial charge in [0.2, 0.25) is 5.75 Å². The second kappa shape index (κ2) is 10.6. The van der Waals surface area contributed by atoms with Gasteiger partial charge < -0.3 is 14.3 Å². The Morgan fingerprint density at radius 2 is 1.95 bits per heavy atom. The smallest absolute Gasteiger partial charge is 0.300 e. The molecule has 1 aliphatic heterocycles. The van der Waals surface area contributed by atoms with E-state index in [0.29, 0.717) is 41.4 Å². The predicted molar refractivity (Wildman–Crippen MR) is 145 cm³/mol. The normalized spacial score (nSPS) is 23.2. The minimum Gasteiger partial charge on any atom is -0.490 e. The van der Waals surface area contributed by atoms with Crippen molar-refractivity contribution in [1.29, 1.82) is 5.26 Å². The van der Waals surface area contributed by atoms with Crippen LogP contribution in [0.2, 0.25) is 0 Å². The third kappa shape index (κ3) is 4.39. The number of allylic oxidation sites excluding steroid dienone is 9. The summed E-state index contributed by atoms with van der Waals surface area (Å²) in [5, 5.41) is 10.8. The fraction of sp³-hybridized carbons (Fsp3) is 0.276. The van der Waals surface area contributed by atoms with Gasteiger partial charge in [-0.25, -0.2) is 9.98 Å². The molecule has 9 heteroatoms. The van der Waals surface area contributed by atoms with Crippen LogP contribution in [0.15, 0.2) is 86.6 Å². The van der Waals surface area contributed by atoms with Gasteiger partial charge in [-0.05, 0) is 48.1 Å². The van der Waals surface area contributed by atoms with E-state index < -0.39 is 5.92 Å². The monoisotopic (exact) mass is 528 g/mol. The SMILES string of the molecule is COC1=NC(C2CC=CC(C3CC=CC(c4ccn5c(=O)c(OC)cnc5c4)=C3Cl)=C2C#N)=CCC1C=O. The number of nitrogens with zero attached hydrogens (tertiary/aromatic N) is 4. The van der Waals surface area contributed by atoms with Crippen molar-refractivity contribution in [3.8, 4) is 11.8 Å². The van der Waals surface area contributed by atoms with Crippen LogP contribution in [0, 0.1) is 29.1 Å². The first-order valence-electron chi connectivity index (χ1n) is 12.2. The summed E-state index contributed by atoms with van der Waals surface area (Å²) in [5.41, 5.74) is 3.99. The summed E-state index contributed by atoms with van der Waals surface area (Å²) in [4.78, 5) is 32.8. The number of carbonyl (C=O) groups excluding carboxylic acids is 1. The van der Waals surface area contributed by atoms with Crippen LogP contribution in [-0.4, -0.2) is 35.8 Å². The van der Waals surface area contributed by atoms with Gasteiger partial charge in [0.1, 0.15) is 11.9 Å². The summed E-state index contributed by atoms with van der Waals surface area (Å²) >= 11 is 7.03. The van der Waals surface area contributed by atoms with Crippen LogP contribution in [0.3, 0.4) is 0 Å². The first-order valence-corrected chi connectivity index (χ1v) is 12.6. The number of aromatic nitrogens is 2. The summed E-state index contributed by atoms with van der Waals surface area (Å²) in [7, 11) is 2.93. The molecule has 0 radical (unpaired) electrons. The van der Waals surface area contributed by atoms with Gasteiger partial charge in [-0.1, -0.05) is 42.0 Å². The van der Waals surface area contributed by atoms with Gasteiger partial charge in [0.15, 0.2) is 5.90 Å². The van der Waals surface area contributed by atoms with Gasteiger partial charge in [0, 0.05) is 34.3 Å². The second-order valence-electron chi connectivity index (χ2n) is 9.16. The molecule has 3 unspecified atom stereocenters. The van der Waals surface area contributed by atoms with Crippen LogP contribution in [0.4, 0.5) is 0 Å². The van der Waals surface area contributed by atoms with E-state index in [1.807, 2.05) is 42.5 Å². The van der Waals surface area contributed by atoms with E-state index in [4.69, 9.17) is 21.1 Å². The molecule has 0 spiro atoms. The quantitative estimate of drug-likeness (QED) is 0.517. The number of nitriles is 1. The van der Waals surface area contributed by atoms with Crippen molar-refractivity contribution >= 4 is 35.0 Å². The molecule has 2 aliphatic carbocycles. The highest BCUT2D eigenvalue weighted by atomic mass is 35.5. The number of carbonyl (C=O) groups is 1. The number of rotatable bonds is 5. The van der Waals surface area contributed by atoms with Crippen LogP contribution in [-0.2, 0) is 9.53 Å². The number of ether oxygens (including phenoxy) is 2. The predicted octanol–water partition coefficient (Wildman–Crippen LogP) is 4.77. The molecule has 38 heavy (non-hydrogen) atoms. The van der Waals surface area contributed by atoms with Crippen LogP contribution >= 0.6 is 11.6 Å². The van der Waals surface area contributed by atoms with E-state index >= 15 is 0 Å². The molecule has 2 aromatic rings. The van der Waals surface area contributed by atoms with Crippen molar-refractivity contribution in [3.63, 3.8) is 0 Å². The topological polar surface area (TPSA) is 106 Å². The highest BCUT2D eigenvalue weighted by molar-refractivity contribution is 6.34. The zero-order valence-electron chi connectivity index (χ0n) is 20.9. The Labute approximate surface area is 224 Å². The van der Waals surface area contributed by atoms with Crippen molar-refractivity contribution in [3.05, 3.63) is 92.7 Å². The summed E-state index contributed by atoms with van der Waals surface area (Å²) in [6.45, 7) is 0. The van der Waals surface area contributed by atoms with Gasteiger partial charge in [0.25, 0.3) is 5.56 Å². The number of methoxy groups -OCH3 is 2. The molecule has 0 fully saturated rings. The molecule has 0 saturated heterocycles. The third-order valence-corrected chi connectivity index (χ3v) is 7.59. The van der Waals surface area contributed by atoms with Crippen LogP contribution in [0.5, 0.6) is 5.75 Å². The average molecular weight is 529 g/mol. The van der Waals surface area contributed by atoms with Gasteiger partial charge >= 0.3 is 0 Å². The molecule has 3 heterocycles. The van der Waals surface area contributed by atoms with Crippen LogP contribution in [0.1, 0.15) is 24.8 Å². The lowest BCUT2D eigenvalue weighted by Gasteiger charge is -2.29. The minimum absolute atomic E-state index is 0.163. The van der Waals surface area contributed by atoms with E-state index in [2.05, 4.69) is 16.0 Å². The Morgan fingerprint density at radius 1 is 1.16 bits per heavy atom. The lowest BCUT2D eigenvalue weighted by molar-refractivity contribution is -0.109. The molecular formula is C29H25ClN4O4. The number of fused-ring (bicyclic) bond motifs is 1. The van der Waals surface area contributed by atoms with Crippen molar-refractivity contribution in [1.82, 2.24) is 9.38 Å². The minimum atomic E-state index is -0.409. The molecule has 3 aliphatic rings. The number of pyridine rings is 1. The van der Waals surface area contributed by atoms with Gasteiger partial charge in [-0.2, -0.15) is 5.26 Å². The Bertz CT molecular complexity index is 1600. The highest BCUT2D eigenvalue weighted by Gasteiger charge is 2.32. The van der Waals surface area contributed by atoms with E-state index in [-0.39, 0.29) is 23.1 Å². The Kier molecular flexibility index (Phi) is 7.12. The van der Waals surface area contributed by atoms with E-state index in [0.717, 1.165) is 28.7 Å². The van der Waals surface area contributed by atoms with Gasteiger partial charge in [-0.15, -0.1) is 0 Å². The zero-order chi connectivity index (χ0) is 26.8. The lowest BCUT2D eigenvalue weighted by atomic mass is 9.77. The summed E-state index contributed by atoms with van der Waals surface area (Å²) < 4.78 is 11.9. The third-order valence-electron chi connectivity index (χ3n) is 7.12. The van der Waals surface area contributed by atoms with Crippen LogP contribution < -0.4 is 10.3 Å². The van der Waals surface area contributed by atoms with Crippen molar-refractivity contribution < 1.29 is 14.3 Å². The fourth-order valence-electron chi connectivity index (χ4n) is 5.15. The molecule has 0 N–H and O–H groups in total. The van der Waals surface area contributed by atoms with E-state index in [1.165, 1.54) is 24.8 Å². The lowest BCUT2D eigenvalue weighted by Crippen LogP contribution is -2.24. The maximum Gasteiger partial charge on any atom is 0.300 e. The molecule has 0 amide bonds. The van der Waals surface area contributed by atoms with E-state index in [9.17, 15) is 14.9 Å². The first kappa shape index (κ1) is 25.4. The molecule has 0 bridgehead atoms. The largest absolute Gasteiger partial charge is 0.490 e. The standard InChI is InChI=1S/C29H25ClN4O4/c1-37-25-15-32-26-13-17(11-12-34(26)29(25)36)19-5-3-8-22(27(19)30)20-6-4-7-21(23(20)14-31)24-10-9-18(16-35)28(33-24)38-2/h3-6,10-13,15-16,18,21-22H,7-9H2,1-2H3. The number of halogens is 1. The van der Waals surface area contributed by atoms with E-state index in [1.54, 1.807) is 6.20 Å². The molecular weight excluding hydrogens is 504 g/mol. The molecule has 3 atom stereocenters. The molecule has 192 valence electrons. The van der Waals surface area contributed by atoms with Crippen molar-refractivity contribution in [2.24, 2.45) is 22.7 Å². The van der Waals surface area contributed by atoms with Crippen molar-refractivity contribution in [2.75, 3.05) is 14.2 Å². The Balaban J connectivity index is 1.54. The van der Waals surface area contributed by atoms with Crippen molar-refractivity contribution in [2.45, 2.75) is 19.3 Å². The molecule has 5 rings (SSSR count). The number of aliphatic imine (C=N–C) groups is 1. The number of aldehydes is 1. The highest BCUT2D eigenvalue weighted by Crippen LogP contribution is 2.44. The van der Waals surface area contributed by atoms with Gasteiger partial charge in [-0.3, -0.25) is 9.20 Å². The Morgan fingerprint density at radius 3 is 2.68 bits per heavy atom. The number of hydrogen-bond acceptors (Lipinski definition) is 7. The summed E-state index contributed by atoms with van der Waals surface area (Å²) in [6, 6.07) is 6.04. The average Bonchev–Trinajstić information content (AvgIpc) is 2.96. The number of hydrogen-bond donors (Lipinski definition) is 0. The Hall–Kier alpha value is -4.22. The summed E-state index contributed by atoms with van der Waals surface area (Å²) in [6.07, 6.45) is 15.6. The maximum absolute atomic E-state index is 12.5. The van der Waals surface area contributed by atoms with Gasteiger partial charge in [0.05, 0.1) is 32.4 Å². The first-order chi connectivity index (χ1) is 18.5. The molecule has 8 nitrogen and oxygen atoms in total. The maximum atomic E-state index is 12.5. The fourth-order valence-corrected chi connectivity index (χ4v) is 5.52. The van der Waals surface area contributed by atoms with Crippen LogP contribution in [0.25, 0.3) is 11.2 Å². The molecule has 0 aromatic carbocycles. The molecule has 2 aromatic heterocycles. The molecule has 0 saturated carbocycles. The zero-order valence-corrected chi connectivity index (χ0v) is 21.7. The second-order valence-corrected chi connectivity index (χ2v) is 9.57.